The van der Waals surface area contributed by atoms with E-state index in [9.17, 15) is 4.79 Å². The molecule has 0 saturated carbocycles. The lowest BCUT2D eigenvalue weighted by atomic mass is 9.96. The molecule has 0 radical (unpaired) electrons. The predicted molar refractivity (Wildman–Crippen MR) is 106 cm³/mol. The molecule has 1 aliphatic rings. The Balaban J connectivity index is 1.44. The van der Waals surface area contributed by atoms with Crippen molar-refractivity contribution in [2.24, 2.45) is 7.05 Å². The first-order chi connectivity index (χ1) is 13.2. The van der Waals surface area contributed by atoms with Gasteiger partial charge in [-0.1, -0.05) is 20.8 Å². The summed E-state index contributed by atoms with van der Waals surface area (Å²) < 4.78 is 3.32. The summed E-state index contributed by atoms with van der Waals surface area (Å²) in [6.45, 7) is 8.74. The van der Waals surface area contributed by atoms with Crippen LogP contribution < -0.4 is 10.5 Å². The van der Waals surface area contributed by atoms with Crippen LogP contribution in [0.5, 0.6) is 0 Å². The number of fused-ring (bicyclic) bond motifs is 1. The molecule has 0 amide bonds. The Kier molecular flexibility index (Phi) is 4.41. The van der Waals surface area contributed by atoms with Gasteiger partial charge < -0.3 is 9.47 Å². The third kappa shape index (κ3) is 3.37. The van der Waals surface area contributed by atoms with E-state index in [1.165, 1.54) is 4.57 Å². The fraction of sp³-hybridized carbons (Fsp3) is 0.526. The third-order valence-electron chi connectivity index (χ3n) is 5.18. The summed E-state index contributed by atoms with van der Waals surface area (Å²) in [5.41, 5.74) is 1.40. The summed E-state index contributed by atoms with van der Waals surface area (Å²) in [4.78, 5) is 20.6. The smallest absolute Gasteiger partial charge is 0.253 e. The highest BCUT2D eigenvalue weighted by Gasteiger charge is 2.32. The van der Waals surface area contributed by atoms with Gasteiger partial charge in [0.1, 0.15) is 5.82 Å². The minimum Gasteiger partial charge on any atom is -0.352 e. The van der Waals surface area contributed by atoms with Crippen LogP contribution in [-0.2, 0) is 19.0 Å². The minimum atomic E-state index is -0.123. The maximum atomic E-state index is 11.8. The number of nitrogens with zero attached hydrogens (tertiary/aromatic N) is 8. The highest BCUT2D eigenvalue weighted by molar-refractivity contribution is 5.48. The fourth-order valence-corrected chi connectivity index (χ4v) is 3.31. The van der Waals surface area contributed by atoms with Crippen molar-refractivity contribution in [3.8, 4) is 0 Å². The molecule has 0 atom stereocenters. The molecule has 9 heteroatoms. The molecule has 0 unspecified atom stereocenters. The van der Waals surface area contributed by atoms with E-state index in [1.807, 2.05) is 16.6 Å². The SMILES string of the molecule is CN(Cc1cc(=O)n(C)cn1)C1CN(c2ccc3nnc(C(C)(C)C)n3n2)C1. The summed E-state index contributed by atoms with van der Waals surface area (Å²) in [5, 5.41) is 13.3. The van der Waals surface area contributed by atoms with Crippen LogP contribution in [0.3, 0.4) is 0 Å². The zero-order valence-corrected chi connectivity index (χ0v) is 17.0. The maximum absolute atomic E-state index is 11.8. The Morgan fingerprint density at radius 3 is 2.64 bits per heavy atom. The topological polar surface area (TPSA) is 84.5 Å². The molecule has 4 rings (SSSR count). The van der Waals surface area contributed by atoms with Crippen LogP contribution >= 0.6 is 0 Å². The van der Waals surface area contributed by atoms with Crippen molar-refractivity contribution in [3.05, 3.63) is 46.4 Å². The Hall–Kier alpha value is -2.81. The monoisotopic (exact) mass is 382 g/mol. The molecule has 1 saturated heterocycles. The van der Waals surface area contributed by atoms with Crippen molar-refractivity contribution in [1.29, 1.82) is 0 Å². The van der Waals surface area contributed by atoms with Crippen molar-refractivity contribution in [2.75, 3.05) is 25.0 Å². The van der Waals surface area contributed by atoms with Gasteiger partial charge in [-0.05, 0) is 19.2 Å². The minimum absolute atomic E-state index is 0.0327. The fourth-order valence-electron chi connectivity index (χ4n) is 3.31. The van der Waals surface area contributed by atoms with Gasteiger partial charge in [0.25, 0.3) is 5.56 Å². The van der Waals surface area contributed by atoms with Gasteiger partial charge in [0.05, 0.1) is 12.0 Å². The molecular formula is C19H26N8O. The van der Waals surface area contributed by atoms with E-state index in [2.05, 4.69) is 52.8 Å². The molecule has 0 spiro atoms. The van der Waals surface area contributed by atoms with E-state index in [0.29, 0.717) is 12.6 Å². The van der Waals surface area contributed by atoms with Crippen LogP contribution in [0.15, 0.2) is 29.3 Å². The van der Waals surface area contributed by atoms with E-state index in [4.69, 9.17) is 5.10 Å². The van der Waals surface area contributed by atoms with Crippen LogP contribution in [0.2, 0.25) is 0 Å². The molecule has 0 bridgehead atoms. The standard InChI is InChI=1S/C19H26N8O/c1-19(2,3)18-22-21-15-6-7-16(23-27(15)18)26-10-14(11-26)24(4)9-13-8-17(28)25(5)12-20-13/h6-8,12,14H,9-11H2,1-5H3. The number of likely N-dealkylation sites (N-methyl/N-ethyl adjacent to an activating group) is 1. The van der Waals surface area contributed by atoms with E-state index in [1.54, 1.807) is 19.4 Å². The molecule has 148 valence electrons. The van der Waals surface area contributed by atoms with Crippen molar-refractivity contribution in [1.82, 2.24) is 34.3 Å². The average Bonchev–Trinajstić information content (AvgIpc) is 3.00. The lowest BCUT2D eigenvalue weighted by Gasteiger charge is -2.44. The van der Waals surface area contributed by atoms with E-state index >= 15 is 0 Å². The van der Waals surface area contributed by atoms with Gasteiger partial charge in [-0.3, -0.25) is 9.69 Å². The van der Waals surface area contributed by atoms with Crippen LogP contribution in [0.25, 0.3) is 5.65 Å². The van der Waals surface area contributed by atoms with Gasteiger partial charge in [0, 0.05) is 44.2 Å². The molecule has 28 heavy (non-hydrogen) atoms. The first-order valence-electron chi connectivity index (χ1n) is 9.42. The van der Waals surface area contributed by atoms with Gasteiger partial charge in [0.2, 0.25) is 0 Å². The Bertz CT molecular complexity index is 1060. The summed E-state index contributed by atoms with van der Waals surface area (Å²) in [6, 6.07) is 5.95. The predicted octanol–water partition coefficient (Wildman–Crippen LogP) is 0.836. The normalized spacial score (nSPS) is 15.4. The number of hydrogen-bond donors (Lipinski definition) is 0. The number of anilines is 1. The Morgan fingerprint density at radius 1 is 1.21 bits per heavy atom. The maximum Gasteiger partial charge on any atom is 0.253 e. The second kappa shape index (κ2) is 6.66. The lowest BCUT2D eigenvalue weighted by molar-refractivity contribution is 0.194. The van der Waals surface area contributed by atoms with Crippen molar-refractivity contribution < 1.29 is 0 Å². The van der Waals surface area contributed by atoms with Crippen molar-refractivity contribution in [3.63, 3.8) is 0 Å². The number of aromatic nitrogens is 6. The molecule has 4 heterocycles. The van der Waals surface area contributed by atoms with Crippen LogP contribution in [0, 0.1) is 0 Å². The van der Waals surface area contributed by atoms with Crippen LogP contribution in [0.1, 0.15) is 32.3 Å². The quantitative estimate of drug-likeness (QED) is 0.661. The molecule has 1 fully saturated rings. The molecule has 0 aliphatic carbocycles. The second-order valence-electron chi connectivity index (χ2n) is 8.54. The third-order valence-corrected chi connectivity index (χ3v) is 5.18. The first-order valence-corrected chi connectivity index (χ1v) is 9.42. The molecular weight excluding hydrogens is 356 g/mol. The van der Waals surface area contributed by atoms with Gasteiger partial charge >= 0.3 is 0 Å². The molecule has 3 aromatic rings. The number of aryl methyl sites for hydroxylation is 1. The highest BCUT2D eigenvalue weighted by atomic mass is 16.1. The summed E-state index contributed by atoms with van der Waals surface area (Å²) in [7, 11) is 3.77. The summed E-state index contributed by atoms with van der Waals surface area (Å²) >= 11 is 0. The van der Waals surface area contributed by atoms with Crippen LogP contribution in [0.4, 0.5) is 5.82 Å². The molecule has 0 aromatic carbocycles. The first kappa shape index (κ1) is 18.5. The zero-order chi connectivity index (χ0) is 20.1. The van der Waals surface area contributed by atoms with E-state index in [0.717, 1.165) is 36.1 Å². The molecule has 0 N–H and O–H groups in total. The Labute approximate surface area is 163 Å². The van der Waals surface area contributed by atoms with Crippen LogP contribution in [-0.4, -0.2) is 60.4 Å². The summed E-state index contributed by atoms with van der Waals surface area (Å²) in [6.07, 6.45) is 1.57. The second-order valence-corrected chi connectivity index (χ2v) is 8.54. The zero-order valence-electron chi connectivity index (χ0n) is 17.0. The molecule has 9 nitrogen and oxygen atoms in total. The van der Waals surface area contributed by atoms with Crippen molar-refractivity contribution >= 4 is 11.5 Å². The van der Waals surface area contributed by atoms with Gasteiger partial charge in [-0.15, -0.1) is 15.3 Å². The number of rotatable bonds is 4. The van der Waals surface area contributed by atoms with Gasteiger partial charge in [0.15, 0.2) is 11.5 Å². The average molecular weight is 382 g/mol. The van der Waals surface area contributed by atoms with Gasteiger partial charge in [-0.2, -0.15) is 4.52 Å². The van der Waals surface area contributed by atoms with Crippen molar-refractivity contribution in [2.45, 2.75) is 38.8 Å². The number of hydrogen-bond acceptors (Lipinski definition) is 7. The summed E-state index contributed by atoms with van der Waals surface area (Å²) in [5.74, 6) is 1.78. The van der Waals surface area contributed by atoms with E-state index < -0.39 is 0 Å². The lowest BCUT2D eigenvalue weighted by Crippen LogP contribution is -2.58. The molecule has 3 aromatic heterocycles. The largest absolute Gasteiger partial charge is 0.352 e. The highest BCUT2D eigenvalue weighted by Crippen LogP contribution is 2.25. The molecule has 1 aliphatic heterocycles. The van der Waals surface area contributed by atoms with E-state index in [-0.39, 0.29) is 11.0 Å². The van der Waals surface area contributed by atoms with Gasteiger partial charge in [-0.25, -0.2) is 4.98 Å². The Morgan fingerprint density at radius 2 is 1.96 bits per heavy atom.